The number of imidazole rings is 1. The summed E-state index contributed by atoms with van der Waals surface area (Å²) >= 11 is 0. The lowest BCUT2D eigenvalue weighted by Gasteiger charge is -2.29. The molecular formula is C34H36N4O6. The van der Waals surface area contributed by atoms with Crippen LogP contribution in [0.25, 0.3) is 11.4 Å². The molecule has 6 rings (SSSR count). The lowest BCUT2D eigenvalue weighted by Crippen LogP contribution is -2.39. The Balaban J connectivity index is 1.38. The van der Waals surface area contributed by atoms with Crippen molar-refractivity contribution in [2.45, 2.75) is 26.0 Å². The molecule has 0 aliphatic carbocycles. The minimum absolute atomic E-state index is 0.0233. The van der Waals surface area contributed by atoms with Crippen molar-refractivity contribution in [3.8, 4) is 11.5 Å². The SMILES string of the molecule is COc1cc(C2C(=C(O)c3c(C)nc4ccccn34)C(=O)C(=O)N2CCCN2CCOCC2)ccc1OCc1ccccc1. The molecule has 10 nitrogen and oxygen atoms in total. The largest absolute Gasteiger partial charge is 0.505 e. The van der Waals surface area contributed by atoms with Crippen molar-refractivity contribution in [1.29, 1.82) is 0 Å². The van der Waals surface area contributed by atoms with E-state index in [4.69, 9.17) is 14.2 Å². The third-order valence-corrected chi connectivity index (χ3v) is 8.19. The van der Waals surface area contributed by atoms with Gasteiger partial charge in [-0.25, -0.2) is 4.98 Å². The number of carbonyl (C=O) groups is 2. The third-order valence-electron chi connectivity index (χ3n) is 8.19. The van der Waals surface area contributed by atoms with E-state index in [2.05, 4.69) is 9.88 Å². The Morgan fingerprint density at radius 1 is 1.00 bits per heavy atom. The number of hydrogen-bond acceptors (Lipinski definition) is 8. The number of rotatable bonds is 10. The summed E-state index contributed by atoms with van der Waals surface area (Å²) in [5, 5.41) is 11.8. The Kier molecular flexibility index (Phi) is 8.63. The molecule has 2 aliphatic heterocycles. The fourth-order valence-electron chi connectivity index (χ4n) is 5.98. The molecule has 2 fully saturated rings. The molecule has 0 spiro atoms. The number of benzene rings is 2. The van der Waals surface area contributed by atoms with Crippen LogP contribution in [0, 0.1) is 6.92 Å². The summed E-state index contributed by atoms with van der Waals surface area (Å²) in [6, 6.07) is 19.9. The summed E-state index contributed by atoms with van der Waals surface area (Å²) in [5.41, 5.74) is 3.22. The fourth-order valence-corrected chi connectivity index (χ4v) is 5.98. The standard InChI is InChI=1S/C34H36N4O6/c1-23-30(37-15-7-6-11-28(37)35-23)32(39)29-31(38(34(41)33(29)40)16-8-14-36-17-19-43-20-18-36)25-12-13-26(27(21-25)42-2)44-22-24-9-4-3-5-10-24/h3-7,9-13,15,21,31,39H,8,14,16-20,22H2,1-2H3. The Hall–Kier alpha value is -4.67. The summed E-state index contributed by atoms with van der Waals surface area (Å²) in [5.74, 6) is -0.644. The first kappa shape index (κ1) is 29.4. The number of morpholine rings is 1. The zero-order valence-corrected chi connectivity index (χ0v) is 24.9. The van der Waals surface area contributed by atoms with Gasteiger partial charge in [0.1, 0.15) is 17.9 Å². The van der Waals surface area contributed by atoms with Crippen molar-refractivity contribution >= 4 is 23.1 Å². The predicted octanol–water partition coefficient (Wildman–Crippen LogP) is 4.37. The van der Waals surface area contributed by atoms with E-state index < -0.39 is 17.7 Å². The Bertz CT molecular complexity index is 1690. The number of nitrogens with zero attached hydrogens (tertiary/aromatic N) is 4. The number of ether oxygens (including phenoxy) is 3. The second kappa shape index (κ2) is 12.9. The van der Waals surface area contributed by atoms with E-state index >= 15 is 0 Å². The number of likely N-dealkylation sites (tertiary alicyclic amines) is 1. The molecule has 2 aromatic heterocycles. The van der Waals surface area contributed by atoms with Gasteiger partial charge in [-0.2, -0.15) is 0 Å². The molecule has 44 heavy (non-hydrogen) atoms. The van der Waals surface area contributed by atoms with E-state index in [-0.39, 0.29) is 11.3 Å². The maximum atomic E-state index is 13.7. The van der Waals surface area contributed by atoms with E-state index in [1.54, 1.807) is 41.7 Å². The third kappa shape index (κ3) is 5.78. The lowest BCUT2D eigenvalue weighted by molar-refractivity contribution is -0.140. The number of ketones is 1. The Morgan fingerprint density at radius 3 is 2.55 bits per heavy atom. The van der Waals surface area contributed by atoms with Crippen LogP contribution in [0.1, 0.15) is 35.0 Å². The van der Waals surface area contributed by atoms with E-state index in [0.29, 0.717) is 66.9 Å². The van der Waals surface area contributed by atoms with Gasteiger partial charge >= 0.3 is 0 Å². The molecule has 4 aromatic rings. The minimum atomic E-state index is -0.828. The van der Waals surface area contributed by atoms with Gasteiger partial charge in [0.2, 0.25) is 0 Å². The summed E-state index contributed by atoms with van der Waals surface area (Å²) in [4.78, 5) is 35.7. The summed E-state index contributed by atoms with van der Waals surface area (Å²) in [6.45, 7) is 6.25. The molecule has 1 atom stereocenters. The van der Waals surface area contributed by atoms with Crippen molar-refractivity contribution in [2.75, 3.05) is 46.5 Å². The van der Waals surface area contributed by atoms with Gasteiger partial charge in [-0.15, -0.1) is 0 Å². The maximum absolute atomic E-state index is 13.7. The second-order valence-corrected chi connectivity index (χ2v) is 11.0. The van der Waals surface area contributed by atoms with Gasteiger partial charge in [0.05, 0.1) is 37.6 Å². The topological polar surface area (TPSA) is 106 Å². The minimum Gasteiger partial charge on any atom is -0.505 e. The van der Waals surface area contributed by atoms with Gasteiger partial charge in [-0.05, 0) is 48.7 Å². The molecule has 1 unspecified atom stereocenters. The number of amides is 1. The van der Waals surface area contributed by atoms with Crippen molar-refractivity contribution in [3.63, 3.8) is 0 Å². The molecule has 10 heteroatoms. The van der Waals surface area contributed by atoms with Crippen molar-refractivity contribution in [1.82, 2.24) is 19.2 Å². The van der Waals surface area contributed by atoms with Gasteiger partial charge < -0.3 is 24.2 Å². The molecule has 0 saturated carbocycles. The van der Waals surface area contributed by atoms with E-state index in [1.165, 1.54) is 0 Å². The number of Topliss-reactive ketones (excluding diaryl/α,β-unsaturated/α-hetero) is 1. The highest BCUT2D eigenvalue weighted by atomic mass is 16.5. The number of pyridine rings is 1. The van der Waals surface area contributed by atoms with Gasteiger partial charge in [0, 0.05) is 32.4 Å². The van der Waals surface area contributed by atoms with Crippen LogP contribution >= 0.6 is 0 Å². The molecule has 228 valence electrons. The van der Waals surface area contributed by atoms with Crippen LogP contribution in [0.3, 0.4) is 0 Å². The predicted molar refractivity (Wildman–Crippen MR) is 165 cm³/mol. The van der Waals surface area contributed by atoms with Crippen molar-refractivity contribution in [2.24, 2.45) is 0 Å². The highest BCUT2D eigenvalue weighted by Gasteiger charge is 2.46. The number of hydrogen-bond donors (Lipinski definition) is 1. The molecule has 1 amide bonds. The van der Waals surface area contributed by atoms with Crippen LogP contribution < -0.4 is 9.47 Å². The van der Waals surface area contributed by atoms with Gasteiger partial charge in [0.15, 0.2) is 17.3 Å². The van der Waals surface area contributed by atoms with Crippen LogP contribution in [0.4, 0.5) is 0 Å². The summed E-state index contributed by atoms with van der Waals surface area (Å²) in [7, 11) is 1.55. The first-order valence-corrected chi connectivity index (χ1v) is 14.8. The van der Waals surface area contributed by atoms with E-state index in [9.17, 15) is 14.7 Å². The average molecular weight is 597 g/mol. The van der Waals surface area contributed by atoms with Crippen LogP contribution in [-0.2, 0) is 20.9 Å². The second-order valence-electron chi connectivity index (χ2n) is 11.0. The quantitative estimate of drug-likeness (QED) is 0.163. The monoisotopic (exact) mass is 596 g/mol. The van der Waals surface area contributed by atoms with Crippen molar-refractivity contribution < 1.29 is 28.9 Å². The first-order chi connectivity index (χ1) is 21.5. The molecule has 1 N–H and O–H groups in total. The van der Waals surface area contributed by atoms with Crippen LogP contribution in [0.15, 0.2) is 78.5 Å². The molecule has 4 heterocycles. The molecule has 2 aliphatic rings. The highest BCUT2D eigenvalue weighted by molar-refractivity contribution is 6.46. The zero-order valence-electron chi connectivity index (χ0n) is 24.9. The smallest absolute Gasteiger partial charge is 0.295 e. The number of aliphatic hydroxyl groups excluding tert-OH is 1. The molecule has 2 saturated heterocycles. The number of aryl methyl sites for hydroxylation is 1. The fraction of sp³-hybridized carbons (Fsp3) is 0.324. The number of methoxy groups -OCH3 is 1. The molecule has 2 aromatic carbocycles. The molecular weight excluding hydrogens is 560 g/mol. The average Bonchev–Trinajstić information content (AvgIpc) is 3.52. The Morgan fingerprint density at radius 2 is 1.77 bits per heavy atom. The van der Waals surface area contributed by atoms with Crippen LogP contribution in [-0.4, -0.2) is 82.5 Å². The van der Waals surface area contributed by atoms with Crippen LogP contribution in [0.2, 0.25) is 0 Å². The maximum Gasteiger partial charge on any atom is 0.295 e. The number of aliphatic hydroxyl groups is 1. The summed E-state index contributed by atoms with van der Waals surface area (Å²) < 4.78 is 19.0. The highest BCUT2D eigenvalue weighted by Crippen LogP contribution is 2.42. The number of fused-ring (bicyclic) bond motifs is 1. The number of aromatic nitrogens is 2. The summed E-state index contributed by atoms with van der Waals surface area (Å²) in [6.07, 6.45) is 2.44. The lowest BCUT2D eigenvalue weighted by atomic mass is 9.95. The molecule has 0 bridgehead atoms. The van der Waals surface area contributed by atoms with Crippen LogP contribution in [0.5, 0.6) is 11.5 Å². The number of carbonyl (C=O) groups excluding carboxylic acids is 2. The van der Waals surface area contributed by atoms with E-state index in [0.717, 1.165) is 25.2 Å². The first-order valence-electron chi connectivity index (χ1n) is 14.8. The van der Waals surface area contributed by atoms with E-state index in [1.807, 2.05) is 54.6 Å². The Labute approximate surface area is 256 Å². The van der Waals surface area contributed by atoms with Gasteiger partial charge in [0.25, 0.3) is 11.7 Å². The van der Waals surface area contributed by atoms with Gasteiger partial charge in [-0.3, -0.25) is 18.9 Å². The van der Waals surface area contributed by atoms with Gasteiger partial charge in [-0.1, -0.05) is 42.5 Å². The van der Waals surface area contributed by atoms with Crippen molar-refractivity contribution in [3.05, 3.63) is 101 Å². The zero-order chi connectivity index (χ0) is 30.6. The molecule has 0 radical (unpaired) electrons. The normalized spacial score (nSPS) is 18.7.